The third-order valence-electron chi connectivity index (χ3n) is 1.52. The van der Waals surface area contributed by atoms with Crippen molar-refractivity contribution >= 4 is 5.69 Å². The zero-order valence-electron chi connectivity index (χ0n) is 6.20. The van der Waals surface area contributed by atoms with E-state index < -0.39 is 6.10 Å². The quantitative estimate of drug-likeness (QED) is 0.532. The molecule has 0 heterocycles. The molecule has 0 bridgehead atoms. The number of aliphatic hydroxyl groups excluding tert-OH is 1. The van der Waals surface area contributed by atoms with Gasteiger partial charge in [0.25, 0.3) is 0 Å². The first-order valence-corrected chi connectivity index (χ1v) is 3.47. The van der Waals surface area contributed by atoms with Crippen LogP contribution in [0.4, 0.5) is 5.69 Å². The Kier molecular flexibility index (Phi) is 2.46. The van der Waals surface area contributed by atoms with E-state index in [0.717, 1.165) is 5.56 Å². The van der Waals surface area contributed by atoms with Crippen molar-refractivity contribution in [2.45, 2.75) is 6.10 Å². The fraction of sp³-hybridized carbons (Fsp3) is 0.250. The van der Waals surface area contributed by atoms with Crippen LogP contribution in [0.3, 0.4) is 0 Å². The Labute approximate surface area is 65.6 Å². The number of benzene rings is 1. The normalized spacial score (nSPS) is 12.9. The van der Waals surface area contributed by atoms with Crippen LogP contribution in [0.5, 0.6) is 0 Å². The number of anilines is 1. The van der Waals surface area contributed by atoms with E-state index in [1.165, 1.54) is 0 Å². The van der Waals surface area contributed by atoms with Gasteiger partial charge in [0.05, 0.1) is 6.10 Å². The second-order valence-electron chi connectivity index (χ2n) is 2.42. The number of aliphatic hydroxyl groups is 1. The van der Waals surface area contributed by atoms with Gasteiger partial charge >= 0.3 is 0 Å². The van der Waals surface area contributed by atoms with Crippen LogP contribution in [0.1, 0.15) is 11.7 Å². The van der Waals surface area contributed by atoms with E-state index in [1.807, 2.05) is 0 Å². The third-order valence-corrected chi connectivity index (χ3v) is 1.52. The molecule has 3 nitrogen and oxygen atoms in total. The third kappa shape index (κ3) is 1.93. The molecular weight excluding hydrogens is 140 g/mol. The van der Waals surface area contributed by atoms with Gasteiger partial charge in [-0.1, -0.05) is 12.1 Å². The van der Waals surface area contributed by atoms with Crippen LogP contribution in [0.15, 0.2) is 24.3 Å². The van der Waals surface area contributed by atoms with Gasteiger partial charge in [-0.2, -0.15) is 0 Å². The summed E-state index contributed by atoms with van der Waals surface area (Å²) in [6.45, 7) is 0.226. The van der Waals surface area contributed by atoms with Gasteiger partial charge in [-0.15, -0.1) is 0 Å². The standard InChI is InChI=1S/C8H12N2O/c9-5-8(11)6-2-1-3-7(10)4-6/h1-4,8,11H,5,9-10H2/t8-/m1/s1. The zero-order valence-corrected chi connectivity index (χ0v) is 6.20. The average Bonchev–Trinajstić information content (AvgIpc) is 2.03. The van der Waals surface area contributed by atoms with Crippen LogP contribution in [-0.4, -0.2) is 11.7 Å². The van der Waals surface area contributed by atoms with E-state index >= 15 is 0 Å². The number of rotatable bonds is 2. The van der Waals surface area contributed by atoms with Crippen LogP contribution in [0.2, 0.25) is 0 Å². The lowest BCUT2D eigenvalue weighted by atomic mass is 10.1. The minimum Gasteiger partial charge on any atom is -0.399 e. The Morgan fingerprint density at radius 2 is 2.18 bits per heavy atom. The van der Waals surface area contributed by atoms with Gasteiger partial charge in [0.2, 0.25) is 0 Å². The summed E-state index contributed by atoms with van der Waals surface area (Å²) in [5, 5.41) is 9.27. The van der Waals surface area contributed by atoms with E-state index in [1.54, 1.807) is 24.3 Å². The van der Waals surface area contributed by atoms with Crippen LogP contribution in [0, 0.1) is 0 Å². The first-order valence-electron chi connectivity index (χ1n) is 3.47. The molecule has 0 saturated heterocycles. The van der Waals surface area contributed by atoms with Gasteiger partial charge in [-0.05, 0) is 17.7 Å². The van der Waals surface area contributed by atoms with Crippen molar-refractivity contribution in [2.75, 3.05) is 12.3 Å². The maximum absolute atomic E-state index is 9.27. The number of hydrogen-bond donors (Lipinski definition) is 3. The molecule has 3 heteroatoms. The van der Waals surface area contributed by atoms with Crippen LogP contribution < -0.4 is 11.5 Å². The number of nitrogens with two attached hydrogens (primary N) is 2. The molecule has 11 heavy (non-hydrogen) atoms. The highest BCUT2D eigenvalue weighted by molar-refractivity contribution is 5.41. The molecule has 5 N–H and O–H groups in total. The van der Waals surface area contributed by atoms with E-state index in [-0.39, 0.29) is 6.54 Å². The highest BCUT2D eigenvalue weighted by atomic mass is 16.3. The van der Waals surface area contributed by atoms with Crippen molar-refractivity contribution < 1.29 is 5.11 Å². The second-order valence-corrected chi connectivity index (χ2v) is 2.42. The van der Waals surface area contributed by atoms with Crippen molar-refractivity contribution in [1.29, 1.82) is 0 Å². The Morgan fingerprint density at radius 3 is 2.73 bits per heavy atom. The van der Waals surface area contributed by atoms with E-state index in [4.69, 9.17) is 11.5 Å². The van der Waals surface area contributed by atoms with Gasteiger partial charge in [0.15, 0.2) is 0 Å². The van der Waals surface area contributed by atoms with Gasteiger partial charge in [0.1, 0.15) is 0 Å². The molecular formula is C8H12N2O. The summed E-state index contributed by atoms with van der Waals surface area (Å²) >= 11 is 0. The summed E-state index contributed by atoms with van der Waals surface area (Å²) < 4.78 is 0. The molecule has 0 saturated carbocycles. The second kappa shape index (κ2) is 3.37. The molecule has 0 aliphatic rings. The molecule has 60 valence electrons. The lowest BCUT2D eigenvalue weighted by molar-refractivity contribution is 0.187. The Bertz CT molecular complexity index is 237. The minimum atomic E-state index is -0.599. The van der Waals surface area contributed by atoms with Crippen molar-refractivity contribution in [3.63, 3.8) is 0 Å². The maximum Gasteiger partial charge on any atom is 0.0912 e. The topological polar surface area (TPSA) is 72.3 Å². The van der Waals surface area contributed by atoms with Crippen molar-refractivity contribution in [1.82, 2.24) is 0 Å². The van der Waals surface area contributed by atoms with Crippen LogP contribution >= 0.6 is 0 Å². The largest absolute Gasteiger partial charge is 0.399 e. The van der Waals surface area contributed by atoms with Crippen molar-refractivity contribution in [3.05, 3.63) is 29.8 Å². The molecule has 0 spiro atoms. The molecule has 0 unspecified atom stereocenters. The average molecular weight is 152 g/mol. The highest BCUT2D eigenvalue weighted by Gasteiger charge is 2.03. The maximum atomic E-state index is 9.27. The fourth-order valence-corrected chi connectivity index (χ4v) is 0.902. The molecule has 0 aliphatic heterocycles. The summed E-state index contributed by atoms with van der Waals surface area (Å²) in [5.74, 6) is 0. The highest BCUT2D eigenvalue weighted by Crippen LogP contribution is 2.13. The lowest BCUT2D eigenvalue weighted by Gasteiger charge is -2.07. The summed E-state index contributed by atoms with van der Waals surface area (Å²) in [7, 11) is 0. The van der Waals surface area contributed by atoms with Gasteiger partial charge in [0, 0.05) is 12.2 Å². The van der Waals surface area contributed by atoms with Crippen LogP contribution in [-0.2, 0) is 0 Å². The lowest BCUT2D eigenvalue weighted by Crippen LogP contribution is -2.11. The van der Waals surface area contributed by atoms with Crippen molar-refractivity contribution in [2.24, 2.45) is 5.73 Å². The molecule has 0 fully saturated rings. The monoisotopic (exact) mass is 152 g/mol. The van der Waals surface area contributed by atoms with E-state index in [9.17, 15) is 5.11 Å². The Balaban J connectivity index is 2.86. The summed E-state index contributed by atoms with van der Waals surface area (Å²) in [5.41, 5.74) is 12.2. The molecule has 1 rings (SSSR count). The first kappa shape index (κ1) is 8.04. The molecule has 0 aromatic heterocycles. The van der Waals surface area contributed by atoms with Crippen LogP contribution in [0.25, 0.3) is 0 Å². The molecule has 1 atom stereocenters. The number of hydrogen-bond acceptors (Lipinski definition) is 3. The smallest absolute Gasteiger partial charge is 0.0912 e. The Hall–Kier alpha value is -1.06. The molecule has 1 aromatic rings. The SMILES string of the molecule is NC[C@@H](O)c1cccc(N)c1. The fourth-order valence-electron chi connectivity index (χ4n) is 0.902. The summed E-state index contributed by atoms with van der Waals surface area (Å²) in [6, 6.07) is 7.09. The van der Waals surface area contributed by atoms with E-state index in [0.29, 0.717) is 5.69 Å². The number of nitrogen functional groups attached to an aromatic ring is 1. The van der Waals surface area contributed by atoms with E-state index in [2.05, 4.69) is 0 Å². The van der Waals surface area contributed by atoms with Crippen molar-refractivity contribution in [3.8, 4) is 0 Å². The molecule has 0 aliphatic carbocycles. The molecule has 1 aromatic carbocycles. The summed E-state index contributed by atoms with van der Waals surface area (Å²) in [4.78, 5) is 0. The van der Waals surface area contributed by atoms with Gasteiger partial charge in [-0.3, -0.25) is 0 Å². The predicted molar refractivity (Wildman–Crippen MR) is 44.9 cm³/mol. The Morgan fingerprint density at radius 1 is 1.45 bits per heavy atom. The molecule has 0 radical (unpaired) electrons. The minimum absolute atomic E-state index is 0.226. The predicted octanol–water partition coefficient (Wildman–Crippen LogP) is 0.261. The van der Waals surface area contributed by atoms with Gasteiger partial charge < -0.3 is 16.6 Å². The molecule has 0 amide bonds. The first-order chi connectivity index (χ1) is 5.24. The van der Waals surface area contributed by atoms with Gasteiger partial charge in [-0.25, -0.2) is 0 Å². The zero-order chi connectivity index (χ0) is 8.27. The summed E-state index contributed by atoms with van der Waals surface area (Å²) in [6.07, 6.45) is -0.599.